The van der Waals surface area contributed by atoms with Crippen molar-refractivity contribution in [1.82, 2.24) is 0 Å². The second-order valence-corrected chi connectivity index (χ2v) is 5.43. The number of nitriles is 1. The Morgan fingerprint density at radius 1 is 1.39 bits per heavy atom. The van der Waals surface area contributed by atoms with Gasteiger partial charge in [-0.05, 0) is 31.0 Å². The number of hydrogen-bond acceptors (Lipinski definition) is 5. The number of ether oxygens (including phenoxy) is 2. The minimum absolute atomic E-state index is 0.0464. The first-order chi connectivity index (χ1) is 11.1. The molecule has 0 saturated carbocycles. The van der Waals surface area contributed by atoms with Crippen molar-refractivity contribution in [2.75, 3.05) is 13.2 Å². The van der Waals surface area contributed by atoms with Gasteiger partial charge in [0.1, 0.15) is 5.75 Å². The Kier molecular flexibility index (Phi) is 8.78. The van der Waals surface area contributed by atoms with Gasteiger partial charge in [0.25, 0.3) is 0 Å². The number of aliphatic hydroxyl groups excluding tert-OH is 1. The van der Waals surface area contributed by atoms with Gasteiger partial charge in [0.05, 0.1) is 38.2 Å². The normalized spacial score (nSPS) is 13.0. The molecule has 0 radical (unpaired) electrons. The van der Waals surface area contributed by atoms with E-state index in [9.17, 15) is 9.90 Å². The molecule has 1 rings (SSSR count). The number of esters is 1. The summed E-state index contributed by atoms with van der Waals surface area (Å²) < 4.78 is 10.8. The summed E-state index contributed by atoms with van der Waals surface area (Å²) in [7, 11) is 0. The Morgan fingerprint density at radius 2 is 2.17 bits per heavy atom. The molecule has 2 atom stereocenters. The van der Waals surface area contributed by atoms with Crippen LogP contribution in [0.15, 0.2) is 24.3 Å². The van der Waals surface area contributed by atoms with Crippen LogP contribution >= 0.6 is 0 Å². The predicted molar refractivity (Wildman–Crippen MR) is 86.8 cm³/mol. The van der Waals surface area contributed by atoms with Crippen molar-refractivity contribution >= 4 is 5.97 Å². The molecule has 5 nitrogen and oxygen atoms in total. The lowest BCUT2D eigenvalue weighted by atomic mass is 10.0. The highest BCUT2D eigenvalue weighted by Gasteiger charge is 2.15. The summed E-state index contributed by atoms with van der Waals surface area (Å²) in [6.45, 7) is 4.67. The van der Waals surface area contributed by atoms with E-state index in [4.69, 9.17) is 14.7 Å². The standard InChI is InChI=1S/C18H25NO4/c1-3-6-14(11-18(21)22-4-2)13-23-16-8-5-7-15(12-16)17(20)9-10-19/h5,7-8,12,14,17,20H,3-4,6,9,11,13H2,1-2H3. The molecule has 0 aliphatic rings. The Hall–Kier alpha value is -2.06. The molecule has 0 aliphatic heterocycles. The molecule has 126 valence electrons. The molecule has 5 heteroatoms. The first-order valence-corrected chi connectivity index (χ1v) is 8.04. The summed E-state index contributed by atoms with van der Waals surface area (Å²) in [6, 6.07) is 9.02. The van der Waals surface area contributed by atoms with Gasteiger partial charge in [-0.1, -0.05) is 25.5 Å². The highest BCUT2D eigenvalue weighted by Crippen LogP contribution is 2.22. The van der Waals surface area contributed by atoms with Crippen LogP contribution in [0.3, 0.4) is 0 Å². The number of carbonyl (C=O) groups excluding carboxylic acids is 1. The lowest BCUT2D eigenvalue weighted by Crippen LogP contribution is -2.18. The van der Waals surface area contributed by atoms with E-state index in [1.807, 2.05) is 6.07 Å². The molecule has 1 N–H and O–H groups in total. The minimum atomic E-state index is -0.811. The van der Waals surface area contributed by atoms with Gasteiger partial charge < -0.3 is 14.6 Å². The van der Waals surface area contributed by atoms with Crippen molar-refractivity contribution in [3.63, 3.8) is 0 Å². The maximum atomic E-state index is 11.6. The van der Waals surface area contributed by atoms with Gasteiger partial charge in [-0.25, -0.2) is 0 Å². The van der Waals surface area contributed by atoms with E-state index in [1.165, 1.54) is 0 Å². The van der Waals surface area contributed by atoms with Crippen LogP contribution in [0, 0.1) is 17.2 Å². The third-order valence-electron chi connectivity index (χ3n) is 3.47. The van der Waals surface area contributed by atoms with E-state index in [-0.39, 0.29) is 18.3 Å². The molecule has 0 aromatic heterocycles. The van der Waals surface area contributed by atoms with Gasteiger partial charge >= 0.3 is 5.97 Å². The molecule has 0 bridgehead atoms. The van der Waals surface area contributed by atoms with E-state index in [2.05, 4.69) is 6.92 Å². The van der Waals surface area contributed by atoms with E-state index in [1.54, 1.807) is 31.2 Å². The largest absolute Gasteiger partial charge is 0.493 e. The molecule has 0 heterocycles. The molecule has 0 aliphatic carbocycles. The van der Waals surface area contributed by atoms with Crippen molar-refractivity contribution < 1.29 is 19.4 Å². The van der Waals surface area contributed by atoms with Crippen LogP contribution in [-0.2, 0) is 9.53 Å². The third-order valence-corrected chi connectivity index (χ3v) is 3.47. The second kappa shape index (κ2) is 10.6. The van der Waals surface area contributed by atoms with E-state index in [0.29, 0.717) is 30.9 Å². The monoisotopic (exact) mass is 319 g/mol. The van der Waals surface area contributed by atoms with Crippen LogP contribution in [0.2, 0.25) is 0 Å². The summed E-state index contributed by atoms with van der Waals surface area (Å²) in [5.41, 5.74) is 0.654. The number of hydrogen-bond donors (Lipinski definition) is 1. The highest BCUT2D eigenvalue weighted by molar-refractivity contribution is 5.69. The maximum Gasteiger partial charge on any atom is 0.306 e. The smallest absolute Gasteiger partial charge is 0.306 e. The Labute approximate surface area is 137 Å². The Balaban J connectivity index is 2.61. The maximum absolute atomic E-state index is 11.6. The molecule has 0 spiro atoms. The fraction of sp³-hybridized carbons (Fsp3) is 0.556. The van der Waals surface area contributed by atoms with E-state index in [0.717, 1.165) is 12.8 Å². The van der Waals surface area contributed by atoms with Crippen LogP contribution in [0.1, 0.15) is 51.2 Å². The van der Waals surface area contributed by atoms with Crippen molar-refractivity contribution in [1.29, 1.82) is 5.26 Å². The van der Waals surface area contributed by atoms with Crippen molar-refractivity contribution in [3.05, 3.63) is 29.8 Å². The molecule has 0 amide bonds. The summed E-state index contributed by atoms with van der Waals surface area (Å²) >= 11 is 0. The summed E-state index contributed by atoms with van der Waals surface area (Å²) in [4.78, 5) is 11.6. The van der Waals surface area contributed by atoms with Crippen LogP contribution in [-0.4, -0.2) is 24.3 Å². The van der Waals surface area contributed by atoms with Crippen LogP contribution in [0.5, 0.6) is 5.75 Å². The van der Waals surface area contributed by atoms with Gasteiger partial charge in [-0.2, -0.15) is 5.26 Å². The zero-order valence-corrected chi connectivity index (χ0v) is 13.8. The van der Waals surface area contributed by atoms with Crippen LogP contribution in [0.4, 0.5) is 0 Å². The molecular weight excluding hydrogens is 294 g/mol. The average molecular weight is 319 g/mol. The molecule has 1 aromatic rings. The Morgan fingerprint density at radius 3 is 2.83 bits per heavy atom. The van der Waals surface area contributed by atoms with Crippen LogP contribution in [0.25, 0.3) is 0 Å². The zero-order chi connectivity index (χ0) is 17.1. The van der Waals surface area contributed by atoms with Crippen LogP contribution < -0.4 is 4.74 Å². The predicted octanol–water partition coefficient (Wildman–Crippen LogP) is 3.38. The lowest BCUT2D eigenvalue weighted by molar-refractivity contribution is -0.144. The summed E-state index contributed by atoms with van der Waals surface area (Å²) in [5.74, 6) is 0.531. The van der Waals surface area contributed by atoms with Gasteiger partial charge in [-0.15, -0.1) is 0 Å². The molecule has 0 saturated heterocycles. The SMILES string of the molecule is CCCC(COc1cccc(C(O)CC#N)c1)CC(=O)OCC. The van der Waals surface area contributed by atoms with Crippen molar-refractivity contribution in [2.24, 2.45) is 5.92 Å². The van der Waals surface area contributed by atoms with Gasteiger partial charge in [0.2, 0.25) is 0 Å². The minimum Gasteiger partial charge on any atom is -0.493 e. The number of rotatable bonds is 10. The first-order valence-electron chi connectivity index (χ1n) is 8.04. The molecule has 23 heavy (non-hydrogen) atoms. The molecule has 0 fully saturated rings. The fourth-order valence-corrected chi connectivity index (χ4v) is 2.34. The molecule has 2 unspecified atom stereocenters. The fourth-order valence-electron chi connectivity index (χ4n) is 2.34. The highest BCUT2D eigenvalue weighted by atomic mass is 16.5. The van der Waals surface area contributed by atoms with E-state index >= 15 is 0 Å². The third kappa shape index (κ3) is 7.16. The lowest BCUT2D eigenvalue weighted by Gasteiger charge is -2.17. The zero-order valence-electron chi connectivity index (χ0n) is 13.8. The first kappa shape index (κ1) is 19.0. The molecule has 1 aromatic carbocycles. The quantitative estimate of drug-likeness (QED) is 0.669. The molecular formula is C18H25NO4. The number of carbonyl (C=O) groups is 1. The number of benzene rings is 1. The van der Waals surface area contributed by atoms with Gasteiger partial charge in [0, 0.05) is 5.92 Å². The van der Waals surface area contributed by atoms with Gasteiger partial charge in [-0.3, -0.25) is 4.79 Å². The van der Waals surface area contributed by atoms with E-state index < -0.39 is 6.10 Å². The number of aliphatic hydroxyl groups is 1. The summed E-state index contributed by atoms with van der Waals surface area (Å²) in [6.07, 6.45) is 1.43. The van der Waals surface area contributed by atoms with Crippen molar-refractivity contribution in [3.8, 4) is 11.8 Å². The number of nitrogens with zero attached hydrogens (tertiary/aromatic N) is 1. The van der Waals surface area contributed by atoms with Crippen molar-refractivity contribution in [2.45, 2.75) is 45.6 Å². The van der Waals surface area contributed by atoms with Gasteiger partial charge in [0.15, 0.2) is 0 Å². The average Bonchev–Trinajstić information content (AvgIpc) is 2.53. The second-order valence-electron chi connectivity index (χ2n) is 5.43. The summed E-state index contributed by atoms with van der Waals surface area (Å²) in [5, 5.41) is 18.5. The topological polar surface area (TPSA) is 79.5 Å². The Bertz CT molecular complexity index is 524.